The van der Waals surface area contributed by atoms with Gasteiger partial charge in [0, 0.05) is 11.4 Å². The van der Waals surface area contributed by atoms with Crippen molar-refractivity contribution in [3.05, 3.63) is 58.6 Å². The summed E-state index contributed by atoms with van der Waals surface area (Å²) in [5.74, 6) is 0.728. The molecule has 29 heavy (non-hydrogen) atoms. The average molecular weight is 417 g/mol. The third-order valence-corrected chi connectivity index (χ3v) is 8.39. The summed E-state index contributed by atoms with van der Waals surface area (Å²) in [7, 11) is -3.66. The minimum Gasteiger partial charge on any atom is -0.507 e. The normalized spacial score (nSPS) is 24.2. The van der Waals surface area contributed by atoms with E-state index in [1.807, 2.05) is 6.07 Å². The van der Waals surface area contributed by atoms with Gasteiger partial charge in [0.1, 0.15) is 5.75 Å². The monoisotopic (exact) mass is 417 g/mol. The molecular formula is C22H28NO5P. The number of phenolic OH excluding ortho intramolecular Hbond substituents is 1. The number of hydrogen-bond donors (Lipinski definition) is 1. The maximum absolute atomic E-state index is 14.3. The number of phenols is 1. The fraction of sp³-hybridized carbons (Fsp3) is 0.455. The third kappa shape index (κ3) is 4.54. The maximum Gasteiger partial charge on any atom is 0.273 e. The molecule has 0 heterocycles. The lowest BCUT2D eigenvalue weighted by Gasteiger charge is -2.39. The topological polar surface area (TPSA) is 89.7 Å². The Bertz CT molecular complexity index is 915. The van der Waals surface area contributed by atoms with Crippen LogP contribution in [-0.2, 0) is 9.09 Å². The second-order valence-corrected chi connectivity index (χ2v) is 10.6. The first kappa shape index (κ1) is 21.5. The second-order valence-electron chi connectivity index (χ2n) is 8.29. The zero-order chi connectivity index (χ0) is 21.2. The van der Waals surface area contributed by atoms with E-state index in [0.717, 1.165) is 25.3 Å². The molecule has 2 aromatic rings. The molecule has 1 aliphatic carbocycles. The molecule has 0 unspecified atom stereocenters. The lowest BCUT2D eigenvalue weighted by Crippen LogP contribution is -2.36. The Hall–Kier alpha value is -2.17. The van der Waals surface area contributed by atoms with Crippen LogP contribution in [0.5, 0.6) is 5.75 Å². The van der Waals surface area contributed by atoms with Gasteiger partial charge in [0.15, 0.2) is 0 Å². The molecule has 0 radical (unpaired) electrons. The van der Waals surface area contributed by atoms with Crippen molar-refractivity contribution < 1.29 is 19.1 Å². The van der Waals surface area contributed by atoms with Gasteiger partial charge in [0.05, 0.1) is 22.4 Å². The van der Waals surface area contributed by atoms with Gasteiger partial charge in [-0.2, -0.15) is 0 Å². The Kier molecular flexibility index (Phi) is 6.45. The van der Waals surface area contributed by atoms with Crippen LogP contribution in [-0.4, -0.2) is 16.1 Å². The SMILES string of the molecule is CC(C)[C@@H]1CC[C@@H](C)C[C@H]1O[P@](=O)(c1ccccc1)c1ccc([N+](=O)[O-])cc1O. The van der Waals surface area contributed by atoms with Gasteiger partial charge >= 0.3 is 0 Å². The zero-order valence-corrected chi connectivity index (χ0v) is 17.9. The van der Waals surface area contributed by atoms with Gasteiger partial charge in [-0.05, 0) is 48.8 Å². The molecule has 0 saturated heterocycles. The molecule has 1 fully saturated rings. The van der Waals surface area contributed by atoms with E-state index in [4.69, 9.17) is 4.52 Å². The number of nitrogens with zero attached hydrogens (tertiary/aromatic N) is 1. The Balaban J connectivity index is 2.08. The number of non-ortho nitro benzene ring substituents is 1. The van der Waals surface area contributed by atoms with Gasteiger partial charge < -0.3 is 9.63 Å². The first-order valence-electron chi connectivity index (χ1n) is 10.0. The van der Waals surface area contributed by atoms with Crippen molar-refractivity contribution in [3.63, 3.8) is 0 Å². The van der Waals surface area contributed by atoms with Crippen molar-refractivity contribution in [1.29, 1.82) is 0 Å². The Morgan fingerprint density at radius 2 is 1.86 bits per heavy atom. The molecule has 1 N–H and O–H groups in total. The van der Waals surface area contributed by atoms with Crippen molar-refractivity contribution >= 4 is 23.7 Å². The smallest absolute Gasteiger partial charge is 0.273 e. The molecule has 1 saturated carbocycles. The van der Waals surface area contributed by atoms with E-state index < -0.39 is 12.3 Å². The predicted octanol–water partition coefficient (Wildman–Crippen LogP) is 5.01. The molecule has 0 bridgehead atoms. The standard InChI is InChI=1S/C22H28NO5P/c1-15(2)19-11-9-16(3)13-21(19)28-29(27,18-7-5-4-6-8-18)22-12-10-17(23(25)26)14-20(22)24/h4-8,10,12,14-16,19,21,24H,9,11,13H2,1-3H3/t16-,19+,21-,29-/m1/s1. The predicted molar refractivity (Wildman–Crippen MR) is 114 cm³/mol. The molecule has 1 aliphatic rings. The van der Waals surface area contributed by atoms with E-state index in [1.54, 1.807) is 24.3 Å². The number of nitro benzene ring substituents is 1. The first-order valence-corrected chi connectivity index (χ1v) is 11.7. The highest BCUT2D eigenvalue weighted by Crippen LogP contribution is 2.52. The molecule has 7 heteroatoms. The summed E-state index contributed by atoms with van der Waals surface area (Å²) in [6.07, 6.45) is 2.71. The highest BCUT2D eigenvalue weighted by atomic mass is 31.2. The highest BCUT2D eigenvalue weighted by molar-refractivity contribution is 7.74. The summed E-state index contributed by atoms with van der Waals surface area (Å²) >= 11 is 0. The van der Waals surface area contributed by atoms with Crippen LogP contribution in [0.25, 0.3) is 0 Å². The summed E-state index contributed by atoms with van der Waals surface area (Å²) in [4.78, 5) is 10.5. The van der Waals surface area contributed by atoms with E-state index in [0.29, 0.717) is 17.1 Å². The molecule has 0 aromatic heterocycles. The zero-order valence-electron chi connectivity index (χ0n) is 17.0. The molecule has 4 atom stereocenters. The first-order chi connectivity index (χ1) is 13.7. The second kappa shape index (κ2) is 8.68. The van der Waals surface area contributed by atoms with E-state index in [1.165, 1.54) is 12.1 Å². The number of nitro groups is 1. The lowest BCUT2D eigenvalue weighted by molar-refractivity contribution is -0.384. The van der Waals surface area contributed by atoms with Gasteiger partial charge in [0.25, 0.3) is 13.1 Å². The quantitative estimate of drug-likeness (QED) is 0.406. The molecular weight excluding hydrogens is 389 g/mol. The number of aromatic hydroxyl groups is 1. The van der Waals surface area contributed by atoms with Crippen LogP contribution in [0.2, 0.25) is 0 Å². The summed E-state index contributed by atoms with van der Waals surface area (Å²) in [6, 6.07) is 12.5. The Morgan fingerprint density at radius 3 is 2.45 bits per heavy atom. The van der Waals surface area contributed by atoms with E-state index in [-0.39, 0.29) is 28.8 Å². The van der Waals surface area contributed by atoms with Crippen LogP contribution in [0.4, 0.5) is 5.69 Å². The van der Waals surface area contributed by atoms with Crippen molar-refractivity contribution in [2.45, 2.75) is 46.1 Å². The van der Waals surface area contributed by atoms with Crippen LogP contribution in [0, 0.1) is 27.9 Å². The molecule has 6 nitrogen and oxygen atoms in total. The summed E-state index contributed by atoms with van der Waals surface area (Å²) in [5.41, 5.74) is -0.253. The number of hydrogen-bond acceptors (Lipinski definition) is 5. The van der Waals surface area contributed by atoms with Gasteiger partial charge in [-0.15, -0.1) is 0 Å². The maximum atomic E-state index is 14.3. The average Bonchev–Trinajstić information content (AvgIpc) is 2.68. The van der Waals surface area contributed by atoms with Crippen molar-refractivity contribution in [1.82, 2.24) is 0 Å². The Labute approximate surface area is 171 Å². The fourth-order valence-corrected chi connectivity index (χ4v) is 6.52. The van der Waals surface area contributed by atoms with Crippen LogP contribution in [0.1, 0.15) is 40.0 Å². The largest absolute Gasteiger partial charge is 0.507 e. The minimum atomic E-state index is -3.66. The van der Waals surface area contributed by atoms with Crippen molar-refractivity contribution in [2.24, 2.45) is 17.8 Å². The van der Waals surface area contributed by atoms with Gasteiger partial charge in [-0.25, -0.2) is 0 Å². The van der Waals surface area contributed by atoms with E-state index in [2.05, 4.69) is 20.8 Å². The van der Waals surface area contributed by atoms with Crippen LogP contribution in [0.3, 0.4) is 0 Å². The molecule has 0 aliphatic heterocycles. The van der Waals surface area contributed by atoms with Crippen LogP contribution >= 0.6 is 7.37 Å². The molecule has 0 amide bonds. The van der Waals surface area contributed by atoms with Crippen molar-refractivity contribution in [3.8, 4) is 5.75 Å². The summed E-state index contributed by atoms with van der Waals surface area (Å²) in [6.45, 7) is 6.46. The number of rotatable bonds is 6. The highest BCUT2D eigenvalue weighted by Gasteiger charge is 2.40. The molecule has 0 spiro atoms. The molecule has 2 aromatic carbocycles. The van der Waals surface area contributed by atoms with Gasteiger partial charge in [-0.1, -0.05) is 45.4 Å². The van der Waals surface area contributed by atoms with Gasteiger partial charge in [0.2, 0.25) is 0 Å². The number of benzene rings is 2. The fourth-order valence-electron chi connectivity index (χ4n) is 4.18. The van der Waals surface area contributed by atoms with Gasteiger partial charge in [-0.3, -0.25) is 14.7 Å². The lowest BCUT2D eigenvalue weighted by atomic mass is 9.75. The van der Waals surface area contributed by atoms with E-state index >= 15 is 0 Å². The van der Waals surface area contributed by atoms with Crippen molar-refractivity contribution in [2.75, 3.05) is 0 Å². The van der Waals surface area contributed by atoms with E-state index in [9.17, 15) is 19.8 Å². The molecule has 156 valence electrons. The summed E-state index contributed by atoms with van der Waals surface area (Å²) < 4.78 is 20.7. The summed E-state index contributed by atoms with van der Waals surface area (Å²) in [5, 5.41) is 22.2. The molecule has 3 rings (SSSR count). The minimum absolute atomic E-state index is 0.107. The Morgan fingerprint density at radius 1 is 1.17 bits per heavy atom. The van der Waals surface area contributed by atoms with Crippen LogP contribution < -0.4 is 10.6 Å². The third-order valence-electron chi connectivity index (χ3n) is 5.83. The van der Waals surface area contributed by atoms with Crippen LogP contribution in [0.15, 0.2) is 48.5 Å².